The molecule has 0 aliphatic heterocycles. The van der Waals surface area contributed by atoms with E-state index in [1.165, 1.54) is 56.4 Å². The molecule has 0 saturated carbocycles. The van der Waals surface area contributed by atoms with Crippen molar-refractivity contribution in [2.45, 2.75) is 71.3 Å². The highest BCUT2D eigenvalue weighted by molar-refractivity contribution is 7.09. The van der Waals surface area contributed by atoms with Gasteiger partial charge in [-0.05, 0) is 19.9 Å². The second-order valence-electron chi connectivity index (χ2n) is 5.02. The van der Waals surface area contributed by atoms with E-state index < -0.39 is 0 Å². The molecule has 1 N–H and O–H groups in total. The van der Waals surface area contributed by atoms with Crippen LogP contribution in [0.25, 0.3) is 0 Å². The molecule has 1 aromatic rings. The number of unbranched alkanes of at least 4 members (excludes halogenated alkanes) is 7. The molecule has 1 unspecified atom stereocenters. The molecule has 18 heavy (non-hydrogen) atoms. The maximum atomic E-state index is 4.33. The fourth-order valence-corrected chi connectivity index (χ4v) is 2.78. The third-order valence-electron chi connectivity index (χ3n) is 3.30. The van der Waals surface area contributed by atoms with E-state index in [-0.39, 0.29) is 0 Å². The van der Waals surface area contributed by atoms with Gasteiger partial charge in [-0.25, -0.2) is 4.98 Å². The van der Waals surface area contributed by atoms with Crippen LogP contribution in [0.4, 0.5) is 0 Å². The Morgan fingerprint density at radius 2 is 1.78 bits per heavy atom. The number of nitrogens with one attached hydrogen (secondary N) is 1. The zero-order chi connectivity index (χ0) is 13.1. The van der Waals surface area contributed by atoms with Crippen LogP contribution in [-0.4, -0.2) is 11.5 Å². The Balaban J connectivity index is 1.87. The van der Waals surface area contributed by atoms with Gasteiger partial charge in [-0.2, -0.15) is 0 Å². The third-order valence-corrected chi connectivity index (χ3v) is 4.26. The minimum Gasteiger partial charge on any atom is -0.308 e. The van der Waals surface area contributed by atoms with Gasteiger partial charge in [0.1, 0.15) is 5.01 Å². The van der Waals surface area contributed by atoms with Crippen LogP contribution < -0.4 is 5.32 Å². The number of thiazole rings is 1. The summed E-state index contributed by atoms with van der Waals surface area (Å²) in [4.78, 5) is 4.33. The van der Waals surface area contributed by atoms with Crippen molar-refractivity contribution in [3.05, 3.63) is 16.6 Å². The van der Waals surface area contributed by atoms with Gasteiger partial charge in [-0.3, -0.25) is 0 Å². The molecule has 1 atom stereocenters. The summed E-state index contributed by atoms with van der Waals surface area (Å²) >= 11 is 1.74. The van der Waals surface area contributed by atoms with E-state index in [1.54, 1.807) is 11.3 Å². The summed E-state index contributed by atoms with van der Waals surface area (Å²) in [7, 11) is 0. The van der Waals surface area contributed by atoms with E-state index in [0.717, 1.165) is 6.54 Å². The molecule has 0 aliphatic carbocycles. The van der Waals surface area contributed by atoms with E-state index in [1.807, 2.05) is 11.6 Å². The number of hydrogen-bond acceptors (Lipinski definition) is 3. The fourth-order valence-electron chi connectivity index (χ4n) is 2.11. The van der Waals surface area contributed by atoms with Gasteiger partial charge in [0.05, 0.1) is 6.04 Å². The number of hydrogen-bond donors (Lipinski definition) is 1. The molecule has 0 aromatic carbocycles. The van der Waals surface area contributed by atoms with E-state index in [9.17, 15) is 0 Å². The standard InChI is InChI=1S/C15H28N2S/c1-3-4-5-6-7-8-9-10-11-16-14(2)15-17-12-13-18-15/h12-14,16H,3-11H2,1-2H3. The molecule has 1 rings (SSSR count). The minimum atomic E-state index is 0.412. The zero-order valence-electron chi connectivity index (χ0n) is 12.0. The summed E-state index contributed by atoms with van der Waals surface area (Å²) in [6.45, 7) is 5.59. The van der Waals surface area contributed by atoms with Gasteiger partial charge in [-0.1, -0.05) is 51.9 Å². The highest BCUT2D eigenvalue weighted by Crippen LogP contribution is 2.14. The molecular weight excluding hydrogens is 240 g/mol. The SMILES string of the molecule is CCCCCCCCCCNC(C)c1nccs1. The van der Waals surface area contributed by atoms with Crippen LogP contribution in [0.1, 0.15) is 76.3 Å². The predicted molar refractivity (Wildman–Crippen MR) is 81.1 cm³/mol. The maximum absolute atomic E-state index is 4.33. The Kier molecular flexibility index (Phi) is 9.13. The van der Waals surface area contributed by atoms with Crippen molar-refractivity contribution in [3.8, 4) is 0 Å². The number of nitrogens with zero attached hydrogens (tertiary/aromatic N) is 1. The van der Waals surface area contributed by atoms with E-state index >= 15 is 0 Å². The van der Waals surface area contributed by atoms with E-state index in [2.05, 4.69) is 24.1 Å². The molecule has 1 heterocycles. The average molecular weight is 268 g/mol. The van der Waals surface area contributed by atoms with E-state index in [0.29, 0.717) is 6.04 Å². The summed E-state index contributed by atoms with van der Waals surface area (Å²) in [6.07, 6.45) is 13.0. The van der Waals surface area contributed by atoms with Crippen LogP contribution in [-0.2, 0) is 0 Å². The molecule has 0 spiro atoms. The molecule has 0 fully saturated rings. The first-order valence-electron chi connectivity index (χ1n) is 7.47. The minimum absolute atomic E-state index is 0.412. The van der Waals surface area contributed by atoms with Crippen LogP contribution in [0.3, 0.4) is 0 Å². The van der Waals surface area contributed by atoms with Gasteiger partial charge in [0.15, 0.2) is 0 Å². The van der Waals surface area contributed by atoms with Gasteiger partial charge in [-0.15, -0.1) is 11.3 Å². The topological polar surface area (TPSA) is 24.9 Å². The maximum Gasteiger partial charge on any atom is 0.109 e. The monoisotopic (exact) mass is 268 g/mol. The second-order valence-corrected chi connectivity index (χ2v) is 5.95. The molecule has 0 aliphatic rings. The lowest BCUT2D eigenvalue weighted by atomic mass is 10.1. The molecule has 0 radical (unpaired) electrons. The molecule has 104 valence electrons. The van der Waals surface area contributed by atoms with Gasteiger partial charge < -0.3 is 5.32 Å². The van der Waals surface area contributed by atoms with Crippen LogP contribution >= 0.6 is 11.3 Å². The van der Waals surface area contributed by atoms with Crippen molar-refractivity contribution in [1.29, 1.82) is 0 Å². The first-order valence-corrected chi connectivity index (χ1v) is 8.35. The highest BCUT2D eigenvalue weighted by atomic mass is 32.1. The van der Waals surface area contributed by atoms with Gasteiger partial charge in [0.25, 0.3) is 0 Å². The van der Waals surface area contributed by atoms with Crippen molar-refractivity contribution >= 4 is 11.3 Å². The molecular formula is C15H28N2S. The molecule has 2 nitrogen and oxygen atoms in total. The fraction of sp³-hybridized carbons (Fsp3) is 0.800. The number of rotatable bonds is 11. The summed E-state index contributed by atoms with van der Waals surface area (Å²) in [5.41, 5.74) is 0. The Labute approximate surface area is 116 Å². The predicted octanol–water partition coefficient (Wildman–Crippen LogP) is 4.93. The quantitative estimate of drug-likeness (QED) is 0.575. The summed E-state index contributed by atoms with van der Waals surface area (Å²) in [5.74, 6) is 0. The third kappa shape index (κ3) is 7.12. The van der Waals surface area contributed by atoms with Crippen LogP contribution in [0.5, 0.6) is 0 Å². The highest BCUT2D eigenvalue weighted by Gasteiger charge is 2.05. The normalized spacial score (nSPS) is 12.8. The molecule has 1 aromatic heterocycles. The second kappa shape index (κ2) is 10.5. The Hall–Kier alpha value is -0.410. The number of aromatic nitrogens is 1. The zero-order valence-corrected chi connectivity index (χ0v) is 12.8. The van der Waals surface area contributed by atoms with Crippen molar-refractivity contribution in [2.75, 3.05) is 6.54 Å². The first kappa shape index (κ1) is 15.6. The lowest BCUT2D eigenvalue weighted by molar-refractivity contribution is 0.520. The van der Waals surface area contributed by atoms with Crippen molar-refractivity contribution < 1.29 is 0 Å². The Bertz CT molecular complexity index is 272. The van der Waals surface area contributed by atoms with Crippen LogP contribution in [0.15, 0.2) is 11.6 Å². The average Bonchev–Trinajstić information content (AvgIpc) is 2.90. The molecule has 3 heteroatoms. The van der Waals surface area contributed by atoms with Crippen molar-refractivity contribution in [2.24, 2.45) is 0 Å². The molecule has 0 bridgehead atoms. The molecule has 0 saturated heterocycles. The van der Waals surface area contributed by atoms with Crippen molar-refractivity contribution in [3.63, 3.8) is 0 Å². The largest absolute Gasteiger partial charge is 0.308 e. The van der Waals surface area contributed by atoms with Gasteiger partial charge in [0.2, 0.25) is 0 Å². The van der Waals surface area contributed by atoms with Crippen LogP contribution in [0, 0.1) is 0 Å². The lowest BCUT2D eigenvalue weighted by Crippen LogP contribution is -2.19. The van der Waals surface area contributed by atoms with Gasteiger partial charge in [0, 0.05) is 11.6 Å². The van der Waals surface area contributed by atoms with Crippen LogP contribution in [0.2, 0.25) is 0 Å². The van der Waals surface area contributed by atoms with Gasteiger partial charge >= 0.3 is 0 Å². The molecule has 0 amide bonds. The first-order chi connectivity index (χ1) is 8.84. The Morgan fingerprint density at radius 3 is 2.39 bits per heavy atom. The summed E-state index contributed by atoms with van der Waals surface area (Å²) in [5, 5.41) is 6.79. The van der Waals surface area contributed by atoms with Crippen molar-refractivity contribution in [1.82, 2.24) is 10.3 Å². The smallest absolute Gasteiger partial charge is 0.109 e. The lowest BCUT2D eigenvalue weighted by Gasteiger charge is -2.10. The summed E-state index contributed by atoms with van der Waals surface area (Å²) in [6, 6.07) is 0.412. The Morgan fingerprint density at radius 1 is 1.11 bits per heavy atom. The summed E-state index contributed by atoms with van der Waals surface area (Å²) < 4.78 is 0. The van der Waals surface area contributed by atoms with E-state index in [4.69, 9.17) is 0 Å².